The minimum atomic E-state index is -3.77. The molecule has 0 aromatic heterocycles. The van der Waals surface area contributed by atoms with Gasteiger partial charge in [-0.15, -0.1) is 0 Å². The summed E-state index contributed by atoms with van der Waals surface area (Å²) in [6.07, 6.45) is 2.20. The Kier molecular flexibility index (Phi) is 10.3. The van der Waals surface area contributed by atoms with Gasteiger partial charge in [0.15, 0.2) is 0 Å². The number of nitrogens with one attached hydrogen (secondary N) is 1. The first-order chi connectivity index (χ1) is 16.9. The van der Waals surface area contributed by atoms with Crippen molar-refractivity contribution < 1.29 is 22.7 Å². The topological polar surface area (TPSA) is 96.0 Å². The van der Waals surface area contributed by atoms with Crippen LogP contribution in [0.25, 0.3) is 0 Å². The molecule has 2 atom stereocenters. The van der Waals surface area contributed by atoms with Gasteiger partial charge in [0.2, 0.25) is 21.8 Å². The van der Waals surface area contributed by atoms with Crippen LogP contribution in [0.15, 0.2) is 42.5 Å². The van der Waals surface area contributed by atoms with Crippen molar-refractivity contribution in [3.05, 3.63) is 59.2 Å². The average molecular weight is 518 g/mol. The van der Waals surface area contributed by atoms with Crippen LogP contribution in [0.4, 0.5) is 5.69 Å². The van der Waals surface area contributed by atoms with Crippen LogP contribution in [0.3, 0.4) is 0 Å². The Morgan fingerprint density at radius 3 is 2.28 bits per heavy atom. The number of rotatable bonds is 12. The maximum atomic E-state index is 13.8. The summed E-state index contributed by atoms with van der Waals surface area (Å²) in [4.78, 5) is 28.4. The molecule has 36 heavy (non-hydrogen) atoms. The third kappa shape index (κ3) is 7.71. The van der Waals surface area contributed by atoms with Gasteiger partial charge in [0.05, 0.1) is 19.1 Å². The number of sulfonamides is 1. The Morgan fingerprint density at radius 1 is 1.03 bits per heavy atom. The molecule has 1 N–H and O–H groups in total. The zero-order valence-electron chi connectivity index (χ0n) is 22.4. The quantitative estimate of drug-likeness (QED) is 0.462. The minimum absolute atomic E-state index is 0.0524. The smallest absolute Gasteiger partial charge is 0.244 e. The van der Waals surface area contributed by atoms with E-state index < -0.39 is 28.5 Å². The summed E-state index contributed by atoms with van der Waals surface area (Å²) in [5, 5.41) is 2.96. The van der Waals surface area contributed by atoms with E-state index in [1.807, 2.05) is 52.8 Å². The second-order valence-electron chi connectivity index (χ2n) is 9.15. The maximum Gasteiger partial charge on any atom is 0.244 e. The molecule has 0 heterocycles. The van der Waals surface area contributed by atoms with E-state index >= 15 is 0 Å². The highest BCUT2D eigenvalue weighted by Crippen LogP contribution is 2.23. The van der Waals surface area contributed by atoms with E-state index in [-0.39, 0.29) is 18.5 Å². The fourth-order valence-corrected chi connectivity index (χ4v) is 4.66. The van der Waals surface area contributed by atoms with Crippen LogP contribution in [0.1, 0.15) is 50.3 Å². The van der Waals surface area contributed by atoms with Crippen molar-refractivity contribution in [3.8, 4) is 5.75 Å². The third-order valence-corrected chi connectivity index (χ3v) is 7.47. The van der Waals surface area contributed by atoms with E-state index in [0.29, 0.717) is 17.9 Å². The van der Waals surface area contributed by atoms with Crippen LogP contribution >= 0.6 is 0 Å². The van der Waals surface area contributed by atoms with E-state index in [9.17, 15) is 18.0 Å². The van der Waals surface area contributed by atoms with Gasteiger partial charge in [-0.05, 0) is 74.6 Å². The molecule has 2 aromatic rings. The number of nitrogens with zero attached hydrogens (tertiary/aromatic N) is 2. The lowest BCUT2D eigenvalue weighted by Gasteiger charge is -2.33. The second-order valence-corrected chi connectivity index (χ2v) is 11.1. The van der Waals surface area contributed by atoms with Crippen LogP contribution in [0.5, 0.6) is 5.75 Å². The molecule has 0 aliphatic rings. The fraction of sp³-hybridized carbons (Fsp3) is 0.481. The van der Waals surface area contributed by atoms with Crippen LogP contribution in [-0.2, 0) is 26.2 Å². The first-order valence-electron chi connectivity index (χ1n) is 12.2. The molecular weight excluding hydrogens is 478 g/mol. The number of methoxy groups -OCH3 is 1. The standard InChI is InChI=1S/C27H39N3O5S/c1-8-21(5)28-27(32)25(9-2)29(17-22-11-10-12-24(16-22)35-6)26(31)18-30(36(7,33)34)23-14-13-19(3)20(4)15-23/h10-16,21,25H,8-9,17-18H2,1-7H3,(H,28,32). The normalized spacial score (nSPS) is 13.0. The number of amides is 2. The lowest BCUT2D eigenvalue weighted by molar-refractivity contribution is -0.140. The number of hydrogen-bond acceptors (Lipinski definition) is 5. The Balaban J connectivity index is 2.47. The molecule has 0 saturated carbocycles. The molecule has 0 aliphatic heterocycles. The molecular formula is C27H39N3O5S. The Morgan fingerprint density at radius 2 is 1.72 bits per heavy atom. The summed E-state index contributed by atoms with van der Waals surface area (Å²) < 4.78 is 31.9. The summed E-state index contributed by atoms with van der Waals surface area (Å²) in [5.74, 6) is -0.0993. The van der Waals surface area contributed by atoms with E-state index in [1.54, 1.807) is 31.4 Å². The van der Waals surface area contributed by atoms with Gasteiger partial charge < -0.3 is 15.0 Å². The van der Waals surface area contributed by atoms with Gasteiger partial charge >= 0.3 is 0 Å². The highest BCUT2D eigenvalue weighted by atomic mass is 32.2. The van der Waals surface area contributed by atoms with Crippen molar-refractivity contribution >= 4 is 27.5 Å². The number of anilines is 1. The van der Waals surface area contributed by atoms with Crippen molar-refractivity contribution in [2.24, 2.45) is 0 Å². The third-order valence-electron chi connectivity index (χ3n) is 6.33. The van der Waals surface area contributed by atoms with Crippen LogP contribution in [0, 0.1) is 13.8 Å². The molecule has 9 heteroatoms. The first-order valence-corrected chi connectivity index (χ1v) is 14.0. The number of aryl methyl sites for hydroxylation is 2. The van der Waals surface area contributed by atoms with Gasteiger partial charge in [-0.25, -0.2) is 8.42 Å². The van der Waals surface area contributed by atoms with Gasteiger partial charge in [-0.3, -0.25) is 13.9 Å². The van der Waals surface area contributed by atoms with Crippen molar-refractivity contribution in [1.29, 1.82) is 0 Å². The van der Waals surface area contributed by atoms with E-state index in [2.05, 4.69) is 5.32 Å². The molecule has 0 saturated heterocycles. The maximum absolute atomic E-state index is 13.8. The summed E-state index contributed by atoms with van der Waals surface area (Å²) in [5.41, 5.74) is 3.12. The number of hydrogen-bond donors (Lipinski definition) is 1. The molecule has 0 aliphatic carbocycles. The molecule has 0 spiro atoms. The van der Waals surface area contributed by atoms with Crippen LogP contribution in [0.2, 0.25) is 0 Å². The van der Waals surface area contributed by atoms with Gasteiger partial charge in [-0.2, -0.15) is 0 Å². The number of benzene rings is 2. The molecule has 2 amide bonds. The molecule has 2 rings (SSSR count). The number of carbonyl (C=O) groups is 2. The summed E-state index contributed by atoms with van der Waals surface area (Å²) in [6.45, 7) is 9.26. The van der Waals surface area contributed by atoms with Crippen molar-refractivity contribution in [2.45, 2.75) is 66.1 Å². The fourth-order valence-electron chi connectivity index (χ4n) is 3.82. The zero-order chi connectivity index (χ0) is 27.0. The van der Waals surface area contributed by atoms with E-state index in [0.717, 1.165) is 33.7 Å². The van der Waals surface area contributed by atoms with Crippen molar-refractivity contribution in [2.75, 3.05) is 24.2 Å². The minimum Gasteiger partial charge on any atom is -0.497 e. The van der Waals surface area contributed by atoms with E-state index in [4.69, 9.17) is 4.74 Å². The van der Waals surface area contributed by atoms with Crippen molar-refractivity contribution in [3.63, 3.8) is 0 Å². The van der Waals surface area contributed by atoms with Gasteiger partial charge in [-0.1, -0.05) is 32.0 Å². The molecule has 0 radical (unpaired) electrons. The monoisotopic (exact) mass is 517 g/mol. The van der Waals surface area contributed by atoms with E-state index in [1.165, 1.54) is 4.90 Å². The highest BCUT2D eigenvalue weighted by molar-refractivity contribution is 7.92. The summed E-state index contributed by atoms with van der Waals surface area (Å²) >= 11 is 0. The first kappa shape index (κ1) is 29.2. The molecule has 0 bridgehead atoms. The number of ether oxygens (including phenoxy) is 1. The molecule has 8 nitrogen and oxygen atoms in total. The number of carbonyl (C=O) groups excluding carboxylic acids is 2. The highest BCUT2D eigenvalue weighted by Gasteiger charge is 2.32. The van der Waals surface area contributed by atoms with Crippen LogP contribution < -0.4 is 14.4 Å². The Bertz CT molecular complexity index is 1170. The second kappa shape index (κ2) is 12.8. The molecule has 2 unspecified atom stereocenters. The van der Waals surface area contributed by atoms with Gasteiger partial charge in [0.1, 0.15) is 18.3 Å². The van der Waals surface area contributed by atoms with Gasteiger partial charge in [0.25, 0.3) is 0 Å². The van der Waals surface area contributed by atoms with Crippen molar-refractivity contribution in [1.82, 2.24) is 10.2 Å². The lowest BCUT2D eigenvalue weighted by Crippen LogP contribution is -2.53. The zero-order valence-corrected chi connectivity index (χ0v) is 23.2. The average Bonchev–Trinajstić information content (AvgIpc) is 2.83. The summed E-state index contributed by atoms with van der Waals surface area (Å²) in [7, 11) is -2.21. The molecule has 2 aromatic carbocycles. The van der Waals surface area contributed by atoms with Gasteiger partial charge in [0, 0.05) is 12.6 Å². The predicted molar refractivity (Wildman–Crippen MR) is 144 cm³/mol. The van der Waals surface area contributed by atoms with Crippen LogP contribution in [-0.4, -0.2) is 57.1 Å². The Hall–Kier alpha value is -3.07. The molecule has 0 fully saturated rings. The lowest BCUT2D eigenvalue weighted by atomic mass is 10.1. The SMILES string of the molecule is CCC(C)NC(=O)C(CC)N(Cc1cccc(OC)c1)C(=O)CN(c1ccc(C)c(C)c1)S(C)(=O)=O. The largest absolute Gasteiger partial charge is 0.497 e. The Labute approximate surface area is 215 Å². The molecule has 198 valence electrons. The summed E-state index contributed by atoms with van der Waals surface area (Å²) in [6, 6.07) is 11.7. The predicted octanol–water partition coefficient (Wildman–Crippen LogP) is 3.80.